The first-order valence-corrected chi connectivity index (χ1v) is 9.40. The van der Waals surface area contributed by atoms with Gasteiger partial charge in [0.2, 0.25) is 5.91 Å². The number of carbonyl (C=O) groups excluding carboxylic acids is 1. The molecular formula is C20H19ClN2OS. The summed E-state index contributed by atoms with van der Waals surface area (Å²) in [6.07, 6.45) is 1.28. The van der Waals surface area contributed by atoms with Crippen molar-refractivity contribution < 1.29 is 4.79 Å². The molecule has 3 nitrogen and oxygen atoms in total. The number of nitrogens with zero attached hydrogens (tertiary/aromatic N) is 1. The molecule has 0 aliphatic rings. The fourth-order valence-corrected chi connectivity index (χ4v) is 3.58. The van der Waals surface area contributed by atoms with Gasteiger partial charge in [-0.15, -0.1) is 11.3 Å². The van der Waals surface area contributed by atoms with E-state index in [0.717, 1.165) is 33.9 Å². The number of anilines is 1. The average Bonchev–Trinajstić information content (AvgIpc) is 3.06. The molecule has 0 aliphatic heterocycles. The summed E-state index contributed by atoms with van der Waals surface area (Å²) < 4.78 is 0. The number of nitrogens with one attached hydrogen (secondary N) is 1. The summed E-state index contributed by atoms with van der Waals surface area (Å²) in [5, 5.41) is 6.46. The van der Waals surface area contributed by atoms with Crippen LogP contribution in [0, 0.1) is 6.92 Å². The molecule has 1 N–H and O–H groups in total. The summed E-state index contributed by atoms with van der Waals surface area (Å²) in [6.45, 7) is 4.06. The normalized spacial score (nSPS) is 10.7. The quantitative estimate of drug-likeness (QED) is 0.642. The Kier molecular flexibility index (Phi) is 5.51. The zero-order chi connectivity index (χ0) is 17.8. The molecule has 5 heteroatoms. The van der Waals surface area contributed by atoms with Crippen LogP contribution in [-0.2, 0) is 17.6 Å². The lowest BCUT2D eigenvalue weighted by Gasteiger charge is -2.07. The molecule has 0 aliphatic carbocycles. The van der Waals surface area contributed by atoms with Gasteiger partial charge in [-0.25, -0.2) is 4.98 Å². The van der Waals surface area contributed by atoms with E-state index < -0.39 is 0 Å². The smallest absolute Gasteiger partial charge is 0.230 e. The SMILES string of the molecule is CCc1ccc(-c2nc(CC(=O)Nc3ccc(Cl)cc3C)cs2)cc1. The monoisotopic (exact) mass is 370 g/mol. The van der Waals surface area contributed by atoms with Crippen LogP contribution in [0.15, 0.2) is 47.8 Å². The van der Waals surface area contributed by atoms with Gasteiger partial charge < -0.3 is 5.32 Å². The lowest BCUT2D eigenvalue weighted by atomic mass is 10.1. The highest BCUT2D eigenvalue weighted by atomic mass is 35.5. The Morgan fingerprint density at radius 2 is 1.96 bits per heavy atom. The van der Waals surface area contributed by atoms with Gasteiger partial charge >= 0.3 is 0 Å². The van der Waals surface area contributed by atoms with Crippen molar-refractivity contribution in [2.75, 3.05) is 5.32 Å². The van der Waals surface area contributed by atoms with Crippen molar-refractivity contribution in [3.8, 4) is 10.6 Å². The van der Waals surface area contributed by atoms with E-state index in [9.17, 15) is 4.79 Å². The third kappa shape index (κ3) is 4.47. The number of rotatable bonds is 5. The maximum Gasteiger partial charge on any atom is 0.230 e. The van der Waals surface area contributed by atoms with Crippen molar-refractivity contribution in [3.63, 3.8) is 0 Å². The molecule has 0 atom stereocenters. The van der Waals surface area contributed by atoms with Crippen LogP contribution in [0.2, 0.25) is 5.02 Å². The van der Waals surface area contributed by atoms with E-state index in [1.165, 1.54) is 5.56 Å². The molecule has 2 aromatic carbocycles. The fourth-order valence-electron chi connectivity index (χ4n) is 2.53. The Hall–Kier alpha value is -2.17. The molecule has 1 aromatic heterocycles. The Morgan fingerprint density at radius 3 is 2.64 bits per heavy atom. The third-order valence-corrected chi connectivity index (χ3v) is 5.14. The number of benzene rings is 2. The van der Waals surface area contributed by atoms with Gasteiger partial charge in [-0.3, -0.25) is 4.79 Å². The number of amides is 1. The standard InChI is InChI=1S/C20H19ClN2OS/c1-3-14-4-6-15(7-5-14)20-22-17(12-25-20)11-19(24)23-18-9-8-16(21)10-13(18)2/h4-10,12H,3,11H2,1-2H3,(H,23,24). The molecule has 0 spiro atoms. The minimum absolute atomic E-state index is 0.0800. The molecule has 0 fully saturated rings. The summed E-state index contributed by atoms with van der Waals surface area (Å²) >= 11 is 7.50. The van der Waals surface area contributed by atoms with E-state index in [-0.39, 0.29) is 12.3 Å². The van der Waals surface area contributed by atoms with Gasteiger partial charge in [0.05, 0.1) is 12.1 Å². The largest absolute Gasteiger partial charge is 0.326 e. The predicted molar refractivity (Wildman–Crippen MR) is 105 cm³/mol. The lowest BCUT2D eigenvalue weighted by molar-refractivity contribution is -0.115. The van der Waals surface area contributed by atoms with Gasteiger partial charge in [-0.2, -0.15) is 0 Å². The molecule has 0 unspecified atom stereocenters. The Labute approximate surface area is 156 Å². The molecule has 1 amide bonds. The molecule has 1 heterocycles. The van der Waals surface area contributed by atoms with Gasteiger partial charge in [0.15, 0.2) is 0 Å². The number of carbonyl (C=O) groups is 1. The van der Waals surface area contributed by atoms with Crippen LogP contribution in [0.25, 0.3) is 10.6 Å². The Bertz CT molecular complexity index is 887. The van der Waals surface area contributed by atoms with E-state index in [1.54, 1.807) is 17.4 Å². The topological polar surface area (TPSA) is 42.0 Å². The predicted octanol–water partition coefficient (Wildman–Crippen LogP) is 5.52. The van der Waals surface area contributed by atoms with Crippen LogP contribution in [0.5, 0.6) is 0 Å². The molecule has 3 rings (SSSR count). The molecule has 25 heavy (non-hydrogen) atoms. The summed E-state index contributed by atoms with van der Waals surface area (Å²) in [6, 6.07) is 13.8. The first-order valence-electron chi connectivity index (χ1n) is 8.15. The van der Waals surface area contributed by atoms with Crippen LogP contribution < -0.4 is 5.32 Å². The highest BCUT2D eigenvalue weighted by Gasteiger charge is 2.10. The van der Waals surface area contributed by atoms with Crippen molar-refractivity contribution >= 4 is 34.5 Å². The zero-order valence-electron chi connectivity index (χ0n) is 14.2. The van der Waals surface area contributed by atoms with Gasteiger partial charge in [0.1, 0.15) is 5.01 Å². The van der Waals surface area contributed by atoms with Crippen molar-refractivity contribution in [2.45, 2.75) is 26.7 Å². The molecule has 0 saturated heterocycles. The van der Waals surface area contributed by atoms with Crippen molar-refractivity contribution in [2.24, 2.45) is 0 Å². The first kappa shape index (κ1) is 17.6. The number of aromatic nitrogens is 1. The summed E-state index contributed by atoms with van der Waals surface area (Å²) in [4.78, 5) is 16.9. The van der Waals surface area contributed by atoms with E-state index in [4.69, 9.17) is 11.6 Å². The van der Waals surface area contributed by atoms with Gasteiger partial charge in [-0.1, -0.05) is 42.8 Å². The zero-order valence-corrected chi connectivity index (χ0v) is 15.7. The summed E-state index contributed by atoms with van der Waals surface area (Å²) in [5.41, 5.74) is 4.89. The highest BCUT2D eigenvalue weighted by molar-refractivity contribution is 7.13. The second kappa shape index (κ2) is 7.81. The number of aryl methyl sites for hydroxylation is 2. The van der Waals surface area contributed by atoms with E-state index in [0.29, 0.717) is 5.02 Å². The second-order valence-corrected chi connectivity index (χ2v) is 7.17. The maximum atomic E-state index is 12.3. The van der Waals surface area contributed by atoms with Crippen molar-refractivity contribution in [3.05, 3.63) is 69.7 Å². The van der Waals surface area contributed by atoms with E-state index in [2.05, 4.69) is 41.5 Å². The maximum absolute atomic E-state index is 12.3. The van der Waals surface area contributed by atoms with Gasteiger partial charge in [-0.05, 0) is 42.7 Å². The lowest BCUT2D eigenvalue weighted by Crippen LogP contribution is -2.15. The Morgan fingerprint density at radius 1 is 1.20 bits per heavy atom. The van der Waals surface area contributed by atoms with Gasteiger partial charge in [0.25, 0.3) is 0 Å². The molecular weight excluding hydrogens is 352 g/mol. The Balaban J connectivity index is 1.67. The minimum Gasteiger partial charge on any atom is -0.326 e. The van der Waals surface area contributed by atoms with Crippen LogP contribution in [-0.4, -0.2) is 10.9 Å². The first-order chi connectivity index (χ1) is 12.0. The van der Waals surface area contributed by atoms with Crippen LogP contribution >= 0.6 is 22.9 Å². The molecule has 0 radical (unpaired) electrons. The average molecular weight is 371 g/mol. The minimum atomic E-state index is -0.0800. The molecule has 128 valence electrons. The highest BCUT2D eigenvalue weighted by Crippen LogP contribution is 2.25. The van der Waals surface area contributed by atoms with Crippen LogP contribution in [0.3, 0.4) is 0 Å². The number of hydrogen-bond acceptors (Lipinski definition) is 3. The van der Waals surface area contributed by atoms with Crippen molar-refractivity contribution in [1.82, 2.24) is 4.98 Å². The number of halogens is 1. The van der Waals surface area contributed by atoms with Gasteiger partial charge in [0, 0.05) is 21.7 Å². The number of thiazole rings is 1. The fraction of sp³-hybridized carbons (Fsp3) is 0.200. The van der Waals surface area contributed by atoms with E-state index in [1.807, 2.05) is 24.4 Å². The van der Waals surface area contributed by atoms with E-state index >= 15 is 0 Å². The number of hydrogen-bond donors (Lipinski definition) is 1. The second-order valence-electron chi connectivity index (χ2n) is 5.88. The van der Waals surface area contributed by atoms with Crippen LogP contribution in [0.4, 0.5) is 5.69 Å². The summed E-state index contributed by atoms with van der Waals surface area (Å²) in [5.74, 6) is -0.0800. The molecule has 3 aromatic rings. The summed E-state index contributed by atoms with van der Waals surface area (Å²) in [7, 11) is 0. The third-order valence-electron chi connectivity index (χ3n) is 3.97. The van der Waals surface area contributed by atoms with Crippen LogP contribution in [0.1, 0.15) is 23.7 Å². The van der Waals surface area contributed by atoms with Crippen molar-refractivity contribution in [1.29, 1.82) is 0 Å². The molecule has 0 saturated carbocycles. The molecule has 0 bridgehead atoms.